The van der Waals surface area contributed by atoms with E-state index in [4.69, 9.17) is 0 Å². The summed E-state index contributed by atoms with van der Waals surface area (Å²) >= 11 is 0. The van der Waals surface area contributed by atoms with Crippen LogP contribution in [0.15, 0.2) is 0 Å². The molecule has 5 nitrogen and oxygen atoms in total. The SMILES string of the molecule is CCP(=O)([O-])CC.CCP(=O)([O-])[O-].[Ni+3]. The van der Waals surface area contributed by atoms with E-state index < -0.39 is 15.0 Å². The Hall–Kier alpha value is 0.834. The maximum absolute atomic E-state index is 10.4. The normalized spacial score (nSPS) is 11.0. The van der Waals surface area contributed by atoms with Crippen LogP contribution in [-0.2, 0) is 25.6 Å². The van der Waals surface area contributed by atoms with Crippen LogP contribution in [0.3, 0.4) is 0 Å². The summed E-state index contributed by atoms with van der Waals surface area (Å²) in [5.74, 6) is 0. The third-order valence-corrected chi connectivity index (χ3v) is 4.05. The van der Waals surface area contributed by atoms with Crippen molar-refractivity contribution in [2.75, 3.05) is 18.5 Å². The van der Waals surface area contributed by atoms with Gasteiger partial charge in [-0.2, -0.15) is 0 Å². The molecule has 0 spiro atoms. The Bertz CT molecular complexity index is 206. The summed E-state index contributed by atoms with van der Waals surface area (Å²) in [4.78, 5) is 29.3. The van der Waals surface area contributed by atoms with Gasteiger partial charge in [0.05, 0.1) is 0 Å². The van der Waals surface area contributed by atoms with Crippen molar-refractivity contribution < 1.29 is 40.3 Å². The first-order valence-corrected chi connectivity index (χ1v) is 7.71. The summed E-state index contributed by atoms with van der Waals surface area (Å²) in [6.45, 7) is 4.65. The van der Waals surface area contributed by atoms with Crippen molar-refractivity contribution in [1.29, 1.82) is 0 Å². The maximum Gasteiger partial charge on any atom is 3.00 e. The van der Waals surface area contributed by atoms with Crippen LogP contribution in [0.4, 0.5) is 0 Å². The summed E-state index contributed by atoms with van der Waals surface area (Å²) < 4.78 is 19.9. The van der Waals surface area contributed by atoms with Crippen LogP contribution >= 0.6 is 15.0 Å². The van der Waals surface area contributed by atoms with Gasteiger partial charge in [0.2, 0.25) is 0 Å². The molecule has 89 valence electrons. The average Bonchev–Trinajstić information content (AvgIpc) is 2.04. The summed E-state index contributed by atoms with van der Waals surface area (Å²) in [5.41, 5.74) is 0. The molecule has 0 aliphatic rings. The fourth-order valence-corrected chi connectivity index (χ4v) is 0.671. The zero-order chi connectivity index (χ0) is 11.1. The van der Waals surface area contributed by atoms with Crippen molar-refractivity contribution in [3.05, 3.63) is 0 Å². The van der Waals surface area contributed by atoms with E-state index in [9.17, 15) is 23.8 Å². The van der Waals surface area contributed by atoms with Gasteiger partial charge in [-0.1, -0.05) is 28.4 Å². The second-order valence-corrected chi connectivity index (χ2v) is 7.12. The third-order valence-electron chi connectivity index (χ3n) is 1.35. The molecule has 0 rings (SSSR count). The molecule has 0 fully saturated rings. The quantitative estimate of drug-likeness (QED) is 0.518. The molecule has 0 amide bonds. The molecule has 0 atom stereocenters. The average molecular weight is 288 g/mol. The van der Waals surface area contributed by atoms with Crippen LogP contribution in [0, 0.1) is 0 Å². The van der Waals surface area contributed by atoms with Gasteiger partial charge in [-0.25, -0.2) is 0 Å². The summed E-state index contributed by atoms with van der Waals surface area (Å²) in [6, 6.07) is 0. The van der Waals surface area contributed by atoms with Crippen molar-refractivity contribution in [3.8, 4) is 0 Å². The zero-order valence-electron chi connectivity index (χ0n) is 8.37. The van der Waals surface area contributed by atoms with E-state index in [1.54, 1.807) is 13.8 Å². The van der Waals surface area contributed by atoms with Gasteiger partial charge in [0.25, 0.3) is 0 Å². The smallest absolute Gasteiger partial charge is 0.811 e. The first kappa shape index (κ1) is 20.3. The molecule has 0 heterocycles. The Morgan fingerprint density at radius 3 is 1.07 bits per heavy atom. The Balaban J connectivity index is -0.000000163. The van der Waals surface area contributed by atoms with Crippen LogP contribution in [0.5, 0.6) is 0 Å². The van der Waals surface area contributed by atoms with E-state index in [1.165, 1.54) is 6.92 Å². The van der Waals surface area contributed by atoms with Crippen LogP contribution < -0.4 is 14.7 Å². The summed E-state index contributed by atoms with van der Waals surface area (Å²) in [7, 11) is -7.05. The zero-order valence-corrected chi connectivity index (χ0v) is 11.1. The standard InChI is InChI=1S/C4H11O2P.C2H7O3P.Ni/c1-3-7(5,6)4-2;1-2-6(3,4)5;/h3-4H2,1-2H3,(H,5,6);2H2,1H3,(H2,3,4,5);/q;;+3/p-3. The first-order valence-electron chi connectivity index (χ1n) is 3.98. The van der Waals surface area contributed by atoms with Crippen molar-refractivity contribution in [1.82, 2.24) is 0 Å². The fourth-order valence-electron chi connectivity index (χ4n) is 0.224. The van der Waals surface area contributed by atoms with Crippen molar-refractivity contribution >= 4 is 15.0 Å². The minimum absolute atomic E-state index is 0. The van der Waals surface area contributed by atoms with Crippen LogP contribution in [0.2, 0.25) is 0 Å². The molecule has 8 heteroatoms. The predicted octanol–water partition coefficient (Wildman–Crippen LogP) is -0.418. The van der Waals surface area contributed by atoms with Gasteiger partial charge in [0.1, 0.15) is 0 Å². The number of hydrogen-bond donors (Lipinski definition) is 0. The summed E-state index contributed by atoms with van der Waals surface area (Å²) in [6.07, 6.45) is 0.306. The molecule has 0 saturated carbocycles. The van der Waals surface area contributed by atoms with Gasteiger partial charge in [-0.3, -0.25) is 0 Å². The molecule has 1 radical (unpaired) electrons. The fraction of sp³-hybridized carbons (Fsp3) is 1.00. The Morgan fingerprint density at radius 1 is 0.857 bits per heavy atom. The third kappa shape index (κ3) is 18.6. The predicted molar refractivity (Wildman–Crippen MR) is 46.8 cm³/mol. The van der Waals surface area contributed by atoms with Gasteiger partial charge in [-0.15, -0.1) is 0 Å². The molecular formula is C6H15NiO5P2. The Morgan fingerprint density at radius 2 is 1.07 bits per heavy atom. The molecule has 0 aromatic rings. The minimum atomic E-state index is -4.15. The topological polar surface area (TPSA) is 103 Å². The van der Waals surface area contributed by atoms with E-state index in [0.29, 0.717) is 12.3 Å². The van der Waals surface area contributed by atoms with Gasteiger partial charge >= 0.3 is 16.5 Å². The molecule has 14 heavy (non-hydrogen) atoms. The van der Waals surface area contributed by atoms with Crippen molar-refractivity contribution in [2.45, 2.75) is 20.8 Å². The van der Waals surface area contributed by atoms with Gasteiger partial charge < -0.3 is 23.8 Å². The van der Waals surface area contributed by atoms with Gasteiger partial charge in [-0.05, 0) is 18.5 Å². The number of rotatable bonds is 3. The molecule has 0 aromatic heterocycles. The first-order chi connectivity index (χ1) is 5.68. The maximum atomic E-state index is 10.4. The molecule has 0 saturated heterocycles. The van der Waals surface area contributed by atoms with Crippen LogP contribution in [0.1, 0.15) is 20.8 Å². The van der Waals surface area contributed by atoms with E-state index in [1.807, 2.05) is 0 Å². The summed E-state index contributed by atoms with van der Waals surface area (Å²) in [5, 5.41) is 0. The Labute approximate surface area is 94.8 Å². The van der Waals surface area contributed by atoms with Gasteiger partial charge in [0, 0.05) is 7.37 Å². The molecular weight excluding hydrogens is 273 g/mol. The number of hydrogen-bond acceptors (Lipinski definition) is 5. The van der Waals surface area contributed by atoms with Crippen molar-refractivity contribution in [2.24, 2.45) is 0 Å². The van der Waals surface area contributed by atoms with Crippen LogP contribution in [-0.4, -0.2) is 18.5 Å². The minimum Gasteiger partial charge on any atom is -0.811 e. The molecule has 0 aromatic carbocycles. The van der Waals surface area contributed by atoms with Crippen LogP contribution in [0.25, 0.3) is 0 Å². The van der Waals surface area contributed by atoms with E-state index in [0.717, 1.165) is 0 Å². The largest absolute Gasteiger partial charge is 3.00 e. The van der Waals surface area contributed by atoms with Gasteiger partial charge in [0.15, 0.2) is 0 Å². The van der Waals surface area contributed by atoms with E-state index in [-0.39, 0.29) is 22.7 Å². The van der Waals surface area contributed by atoms with E-state index in [2.05, 4.69) is 0 Å². The van der Waals surface area contributed by atoms with Crippen molar-refractivity contribution in [3.63, 3.8) is 0 Å². The molecule has 0 aliphatic carbocycles. The van der Waals surface area contributed by atoms with E-state index >= 15 is 0 Å². The second-order valence-electron chi connectivity index (χ2n) is 2.37. The molecule has 0 unspecified atom stereocenters. The monoisotopic (exact) mass is 287 g/mol. The molecule has 0 aliphatic heterocycles. The molecule has 0 N–H and O–H groups in total. The molecule has 0 bridgehead atoms. The second kappa shape index (κ2) is 9.09. The Kier molecular flexibility index (Phi) is 13.2.